The van der Waals surface area contributed by atoms with E-state index in [9.17, 15) is 0 Å². The molecule has 0 spiro atoms. The van der Waals surface area contributed by atoms with E-state index in [1.807, 2.05) is 0 Å². The van der Waals surface area contributed by atoms with Crippen LogP contribution in [0.2, 0.25) is 0 Å². The zero-order chi connectivity index (χ0) is 11.5. The fraction of sp³-hybridized carbons (Fsp3) is 0.615. The van der Waals surface area contributed by atoms with E-state index in [0.29, 0.717) is 5.88 Å². The standard InChI is InChI=1S/C13H19ClN2/c1-3-12-6-11(8-14)7-13(15-12)16-5-4-10(2)9-16/h6-7,10H,3-5,8-9H2,1-2H3. The second-order valence-corrected chi connectivity index (χ2v) is 4.92. The first-order valence-electron chi connectivity index (χ1n) is 6.03. The van der Waals surface area contributed by atoms with Crippen molar-refractivity contribution in [3.63, 3.8) is 0 Å². The van der Waals surface area contributed by atoms with E-state index in [1.54, 1.807) is 0 Å². The molecule has 1 fully saturated rings. The molecular formula is C13H19ClN2. The van der Waals surface area contributed by atoms with Gasteiger partial charge in [0.05, 0.1) is 0 Å². The Balaban J connectivity index is 2.25. The predicted octanol–water partition coefficient (Wildman–Crippen LogP) is 3.23. The Bertz CT molecular complexity index is 343. The van der Waals surface area contributed by atoms with E-state index in [0.717, 1.165) is 36.9 Å². The highest BCUT2D eigenvalue weighted by atomic mass is 35.5. The molecule has 1 aliphatic rings. The molecule has 0 radical (unpaired) electrons. The Hall–Kier alpha value is -0.760. The lowest BCUT2D eigenvalue weighted by molar-refractivity contribution is 0.658. The van der Waals surface area contributed by atoms with Crippen LogP contribution in [0.25, 0.3) is 0 Å². The largest absolute Gasteiger partial charge is 0.356 e. The van der Waals surface area contributed by atoms with Gasteiger partial charge in [-0.05, 0) is 36.5 Å². The summed E-state index contributed by atoms with van der Waals surface area (Å²) in [5.41, 5.74) is 2.33. The Morgan fingerprint density at radius 1 is 1.50 bits per heavy atom. The molecule has 0 bridgehead atoms. The van der Waals surface area contributed by atoms with Gasteiger partial charge in [0.25, 0.3) is 0 Å². The number of nitrogens with zero attached hydrogens (tertiary/aromatic N) is 2. The lowest BCUT2D eigenvalue weighted by Crippen LogP contribution is -2.20. The summed E-state index contributed by atoms with van der Waals surface area (Å²) in [6, 6.07) is 4.24. The molecular weight excluding hydrogens is 220 g/mol. The van der Waals surface area contributed by atoms with Crippen molar-refractivity contribution < 1.29 is 0 Å². The second-order valence-electron chi connectivity index (χ2n) is 4.65. The highest BCUT2D eigenvalue weighted by Gasteiger charge is 2.20. The van der Waals surface area contributed by atoms with Gasteiger partial charge in [-0.3, -0.25) is 0 Å². The van der Waals surface area contributed by atoms with E-state index in [4.69, 9.17) is 11.6 Å². The smallest absolute Gasteiger partial charge is 0.129 e. The van der Waals surface area contributed by atoms with Crippen LogP contribution in [0.3, 0.4) is 0 Å². The van der Waals surface area contributed by atoms with Gasteiger partial charge in [-0.15, -0.1) is 11.6 Å². The molecule has 1 atom stereocenters. The zero-order valence-electron chi connectivity index (χ0n) is 10.0. The van der Waals surface area contributed by atoms with E-state index in [2.05, 4.69) is 35.9 Å². The monoisotopic (exact) mass is 238 g/mol. The molecule has 2 nitrogen and oxygen atoms in total. The maximum absolute atomic E-state index is 5.92. The highest BCUT2D eigenvalue weighted by molar-refractivity contribution is 6.17. The van der Waals surface area contributed by atoms with Gasteiger partial charge in [-0.1, -0.05) is 13.8 Å². The SMILES string of the molecule is CCc1cc(CCl)cc(N2CCC(C)C2)n1. The Morgan fingerprint density at radius 3 is 2.88 bits per heavy atom. The van der Waals surface area contributed by atoms with Crippen molar-refractivity contribution in [1.29, 1.82) is 0 Å². The van der Waals surface area contributed by atoms with Crippen LogP contribution in [-0.4, -0.2) is 18.1 Å². The van der Waals surface area contributed by atoms with Gasteiger partial charge in [0.1, 0.15) is 5.82 Å². The molecule has 1 aromatic heterocycles. The maximum atomic E-state index is 5.92. The number of hydrogen-bond acceptors (Lipinski definition) is 2. The van der Waals surface area contributed by atoms with E-state index in [1.165, 1.54) is 12.0 Å². The van der Waals surface area contributed by atoms with Crippen LogP contribution in [-0.2, 0) is 12.3 Å². The minimum atomic E-state index is 0.575. The molecule has 1 aliphatic heterocycles. The van der Waals surface area contributed by atoms with Gasteiger partial charge >= 0.3 is 0 Å². The van der Waals surface area contributed by atoms with Gasteiger partial charge < -0.3 is 4.90 Å². The molecule has 1 saturated heterocycles. The average Bonchev–Trinajstić information content (AvgIpc) is 2.75. The summed E-state index contributed by atoms with van der Waals surface area (Å²) in [6.45, 7) is 6.69. The molecule has 0 saturated carbocycles. The summed E-state index contributed by atoms with van der Waals surface area (Å²) in [7, 11) is 0. The van der Waals surface area contributed by atoms with Crippen molar-refractivity contribution in [3.05, 3.63) is 23.4 Å². The van der Waals surface area contributed by atoms with Crippen molar-refractivity contribution in [2.24, 2.45) is 5.92 Å². The third kappa shape index (κ3) is 2.49. The molecule has 2 heterocycles. The minimum Gasteiger partial charge on any atom is -0.356 e. The van der Waals surface area contributed by atoms with E-state index in [-0.39, 0.29) is 0 Å². The zero-order valence-corrected chi connectivity index (χ0v) is 10.8. The number of aryl methyl sites for hydroxylation is 1. The first-order chi connectivity index (χ1) is 7.72. The summed E-state index contributed by atoms with van der Waals surface area (Å²) in [6.07, 6.45) is 2.25. The van der Waals surface area contributed by atoms with Gasteiger partial charge in [0.15, 0.2) is 0 Å². The van der Waals surface area contributed by atoms with Crippen LogP contribution in [0.1, 0.15) is 31.5 Å². The summed E-state index contributed by atoms with van der Waals surface area (Å²) in [4.78, 5) is 7.06. The number of hydrogen-bond donors (Lipinski definition) is 0. The first-order valence-corrected chi connectivity index (χ1v) is 6.57. The van der Waals surface area contributed by atoms with Crippen molar-refractivity contribution >= 4 is 17.4 Å². The van der Waals surface area contributed by atoms with Gasteiger partial charge in [0.2, 0.25) is 0 Å². The van der Waals surface area contributed by atoms with Crippen LogP contribution >= 0.6 is 11.6 Å². The fourth-order valence-electron chi connectivity index (χ4n) is 2.20. The van der Waals surface area contributed by atoms with Gasteiger partial charge in [-0.2, -0.15) is 0 Å². The van der Waals surface area contributed by atoms with Crippen LogP contribution in [0.4, 0.5) is 5.82 Å². The number of rotatable bonds is 3. The highest BCUT2D eigenvalue weighted by Crippen LogP contribution is 2.23. The molecule has 2 rings (SSSR count). The number of anilines is 1. The quantitative estimate of drug-likeness (QED) is 0.752. The van der Waals surface area contributed by atoms with Crippen molar-refractivity contribution in [1.82, 2.24) is 4.98 Å². The molecule has 88 valence electrons. The number of pyridine rings is 1. The normalized spacial score (nSPS) is 20.4. The average molecular weight is 239 g/mol. The van der Waals surface area contributed by atoms with Gasteiger partial charge in [0, 0.05) is 24.7 Å². The second kappa shape index (κ2) is 5.05. The Labute approximate surface area is 103 Å². The Kier molecular flexibility index (Phi) is 3.70. The van der Waals surface area contributed by atoms with Crippen LogP contribution < -0.4 is 4.90 Å². The van der Waals surface area contributed by atoms with E-state index >= 15 is 0 Å². The Morgan fingerprint density at radius 2 is 2.31 bits per heavy atom. The summed E-state index contributed by atoms with van der Waals surface area (Å²) in [5.74, 6) is 2.47. The molecule has 1 aromatic rings. The minimum absolute atomic E-state index is 0.575. The predicted molar refractivity (Wildman–Crippen MR) is 69.2 cm³/mol. The third-order valence-corrected chi connectivity index (χ3v) is 3.50. The van der Waals surface area contributed by atoms with Crippen LogP contribution in [0.15, 0.2) is 12.1 Å². The van der Waals surface area contributed by atoms with E-state index < -0.39 is 0 Å². The van der Waals surface area contributed by atoms with Crippen molar-refractivity contribution in [3.8, 4) is 0 Å². The molecule has 16 heavy (non-hydrogen) atoms. The first kappa shape index (κ1) is 11.7. The lowest BCUT2D eigenvalue weighted by Gasteiger charge is -2.18. The number of alkyl halides is 1. The van der Waals surface area contributed by atoms with Crippen molar-refractivity contribution in [2.75, 3.05) is 18.0 Å². The molecule has 0 amide bonds. The summed E-state index contributed by atoms with van der Waals surface area (Å²) < 4.78 is 0. The summed E-state index contributed by atoms with van der Waals surface area (Å²) in [5, 5.41) is 0. The summed E-state index contributed by atoms with van der Waals surface area (Å²) >= 11 is 5.92. The maximum Gasteiger partial charge on any atom is 0.129 e. The third-order valence-electron chi connectivity index (χ3n) is 3.19. The van der Waals surface area contributed by atoms with Crippen molar-refractivity contribution in [2.45, 2.75) is 32.6 Å². The number of halogens is 1. The molecule has 3 heteroatoms. The lowest BCUT2D eigenvalue weighted by atomic mass is 10.2. The van der Waals surface area contributed by atoms with Gasteiger partial charge in [-0.25, -0.2) is 4.98 Å². The topological polar surface area (TPSA) is 16.1 Å². The fourth-order valence-corrected chi connectivity index (χ4v) is 2.35. The molecule has 0 aromatic carbocycles. The molecule has 0 N–H and O–H groups in total. The van der Waals surface area contributed by atoms with Crippen LogP contribution in [0, 0.1) is 5.92 Å². The molecule has 0 aliphatic carbocycles. The number of aromatic nitrogens is 1. The van der Waals surface area contributed by atoms with Crippen LogP contribution in [0.5, 0.6) is 0 Å². The molecule has 1 unspecified atom stereocenters.